The SMILES string of the molecule is Cc1nn(C)c2c1NC(C)N(C)C2=O. The quantitative estimate of drug-likeness (QED) is 0.657. The van der Waals surface area contributed by atoms with Crippen LogP contribution in [0.2, 0.25) is 0 Å². The van der Waals surface area contributed by atoms with Crippen LogP contribution in [-0.2, 0) is 7.05 Å². The van der Waals surface area contributed by atoms with Crippen LogP contribution in [0.4, 0.5) is 5.69 Å². The Morgan fingerprint density at radius 1 is 1.43 bits per heavy atom. The van der Waals surface area contributed by atoms with Crippen LogP contribution in [0.25, 0.3) is 0 Å². The largest absolute Gasteiger partial charge is 0.362 e. The van der Waals surface area contributed by atoms with Crippen molar-refractivity contribution in [1.29, 1.82) is 0 Å². The van der Waals surface area contributed by atoms with E-state index in [0.29, 0.717) is 5.69 Å². The van der Waals surface area contributed by atoms with Gasteiger partial charge in [0.2, 0.25) is 0 Å². The van der Waals surface area contributed by atoms with Gasteiger partial charge < -0.3 is 10.2 Å². The first-order chi connectivity index (χ1) is 6.52. The molecule has 0 aliphatic carbocycles. The Morgan fingerprint density at radius 2 is 2.07 bits per heavy atom. The molecular formula is C9H14N4O. The Labute approximate surface area is 82.7 Å². The summed E-state index contributed by atoms with van der Waals surface area (Å²) in [5.74, 6) is 0.0225. The van der Waals surface area contributed by atoms with Gasteiger partial charge in [-0.05, 0) is 13.8 Å². The van der Waals surface area contributed by atoms with E-state index in [9.17, 15) is 4.79 Å². The molecule has 2 rings (SSSR count). The first-order valence-corrected chi connectivity index (χ1v) is 4.59. The van der Waals surface area contributed by atoms with Gasteiger partial charge in [0.1, 0.15) is 5.69 Å². The fourth-order valence-corrected chi connectivity index (χ4v) is 1.72. The van der Waals surface area contributed by atoms with Gasteiger partial charge in [0, 0.05) is 14.1 Å². The molecule has 0 radical (unpaired) electrons. The zero-order valence-electron chi connectivity index (χ0n) is 8.83. The van der Waals surface area contributed by atoms with Crippen LogP contribution in [-0.4, -0.2) is 33.8 Å². The summed E-state index contributed by atoms with van der Waals surface area (Å²) in [5.41, 5.74) is 2.38. The Hall–Kier alpha value is -1.52. The highest BCUT2D eigenvalue weighted by Gasteiger charge is 2.31. The summed E-state index contributed by atoms with van der Waals surface area (Å²) in [6.45, 7) is 3.85. The number of hydrogen-bond acceptors (Lipinski definition) is 3. The van der Waals surface area contributed by atoms with Crippen LogP contribution in [0.3, 0.4) is 0 Å². The summed E-state index contributed by atoms with van der Waals surface area (Å²) in [4.78, 5) is 13.6. The molecule has 1 aliphatic heterocycles. The van der Waals surface area contributed by atoms with E-state index < -0.39 is 0 Å². The predicted octanol–water partition coefficient (Wildman–Crippen LogP) is 0.572. The molecule has 14 heavy (non-hydrogen) atoms. The van der Waals surface area contributed by atoms with Crippen LogP contribution in [0.15, 0.2) is 0 Å². The number of amides is 1. The molecule has 0 spiro atoms. The number of hydrogen-bond donors (Lipinski definition) is 1. The molecular weight excluding hydrogens is 180 g/mol. The van der Waals surface area contributed by atoms with Gasteiger partial charge in [0.25, 0.3) is 5.91 Å². The molecule has 1 atom stereocenters. The molecule has 0 bridgehead atoms. The third kappa shape index (κ3) is 1.01. The maximum atomic E-state index is 11.9. The molecule has 1 unspecified atom stereocenters. The van der Waals surface area contributed by atoms with Gasteiger partial charge in [0.05, 0.1) is 17.5 Å². The average Bonchev–Trinajstić information content (AvgIpc) is 2.38. The van der Waals surface area contributed by atoms with E-state index in [2.05, 4.69) is 10.4 Å². The number of aryl methyl sites for hydroxylation is 2. The van der Waals surface area contributed by atoms with Gasteiger partial charge in [0.15, 0.2) is 0 Å². The first kappa shape index (κ1) is 9.05. The average molecular weight is 194 g/mol. The van der Waals surface area contributed by atoms with Gasteiger partial charge in [-0.15, -0.1) is 0 Å². The molecule has 76 valence electrons. The van der Waals surface area contributed by atoms with E-state index in [1.807, 2.05) is 13.8 Å². The Balaban J connectivity index is 2.59. The molecule has 0 aromatic carbocycles. The van der Waals surface area contributed by atoms with Crippen molar-refractivity contribution in [3.8, 4) is 0 Å². The van der Waals surface area contributed by atoms with Crippen molar-refractivity contribution >= 4 is 11.6 Å². The maximum absolute atomic E-state index is 11.9. The number of rotatable bonds is 0. The zero-order chi connectivity index (χ0) is 10.5. The van der Waals surface area contributed by atoms with E-state index in [1.165, 1.54) is 0 Å². The lowest BCUT2D eigenvalue weighted by Gasteiger charge is -2.31. The van der Waals surface area contributed by atoms with Gasteiger partial charge in [-0.1, -0.05) is 0 Å². The first-order valence-electron chi connectivity index (χ1n) is 4.59. The molecule has 1 aromatic heterocycles. The molecule has 0 saturated heterocycles. The number of carbonyl (C=O) groups excluding carboxylic acids is 1. The van der Waals surface area contributed by atoms with Crippen molar-refractivity contribution in [3.63, 3.8) is 0 Å². The highest BCUT2D eigenvalue weighted by Crippen LogP contribution is 2.26. The summed E-state index contributed by atoms with van der Waals surface area (Å²) < 4.78 is 1.63. The zero-order valence-corrected chi connectivity index (χ0v) is 8.83. The molecule has 5 heteroatoms. The third-order valence-corrected chi connectivity index (χ3v) is 2.68. The number of aromatic nitrogens is 2. The molecule has 1 N–H and O–H groups in total. The Kier molecular flexibility index (Phi) is 1.77. The van der Waals surface area contributed by atoms with Gasteiger partial charge in [-0.3, -0.25) is 9.48 Å². The minimum absolute atomic E-state index is 0.0225. The lowest BCUT2D eigenvalue weighted by atomic mass is 10.2. The van der Waals surface area contributed by atoms with Crippen molar-refractivity contribution in [2.24, 2.45) is 7.05 Å². The second-order valence-electron chi connectivity index (χ2n) is 3.67. The van der Waals surface area contributed by atoms with E-state index in [-0.39, 0.29) is 12.1 Å². The molecule has 1 amide bonds. The standard InChI is InChI=1S/C9H14N4O/c1-5-7-8(13(4)11-5)9(14)12(3)6(2)10-7/h6,10H,1-4H3. The second-order valence-corrected chi connectivity index (χ2v) is 3.67. The van der Waals surface area contributed by atoms with E-state index in [0.717, 1.165) is 11.4 Å². The fraction of sp³-hybridized carbons (Fsp3) is 0.556. The van der Waals surface area contributed by atoms with Crippen LogP contribution >= 0.6 is 0 Å². The van der Waals surface area contributed by atoms with Crippen LogP contribution in [0.1, 0.15) is 23.1 Å². The predicted molar refractivity (Wildman–Crippen MR) is 53.1 cm³/mol. The molecule has 0 saturated carbocycles. The fourth-order valence-electron chi connectivity index (χ4n) is 1.72. The summed E-state index contributed by atoms with van der Waals surface area (Å²) in [5, 5.41) is 7.47. The third-order valence-electron chi connectivity index (χ3n) is 2.68. The monoisotopic (exact) mass is 194 g/mol. The van der Waals surface area contributed by atoms with Gasteiger partial charge >= 0.3 is 0 Å². The summed E-state index contributed by atoms with van der Waals surface area (Å²) in [6, 6.07) is 0. The number of nitrogens with zero attached hydrogens (tertiary/aromatic N) is 3. The Morgan fingerprint density at radius 3 is 2.71 bits per heavy atom. The van der Waals surface area contributed by atoms with E-state index in [1.54, 1.807) is 23.7 Å². The van der Waals surface area contributed by atoms with Crippen LogP contribution in [0.5, 0.6) is 0 Å². The van der Waals surface area contributed by atoms with Crippen molar-refractivity contribution in [2.75, 3.05) is 12.4 Å². The normalized spacial score (nSPS) is 20.7. The molecule has 1 aliphatic rings. The van der Waals surface area contributed by atoms with Gasteiger partial charge in [-0.2, -0.15) is 5.10 Å². The second kappa shape index (κ2) is 2.73. The Bertz CT molecular complexity index is 396. The van der Waals surface area contributed by atoms with Gasteiger partial charge in [-0.25, -0.2) is 0 Å². The minimum Gasteiger partial charge on any atom is -0.362 e. The highest BCUT2D eigenvalue weighted by molar-refractivity contribution is 6.00. The topological polar surface area (TPSA) is 50.2 Å². The number of fused-ring (bicyclic) bond motifs is 1. The number of nitrogens with one attached hydrogen (secondary N) is 1. The van der Waals surface area contributed by atoms with Crippen molar-refractivity contribution < 1.29 is 4.79 Å². The van der Waals surface area contributed by atoms with Crippen LogP contribution in [0, 0.1) is 6.92 Å². The maximum Gasteiger partial charge on any atom is 0.275 e. The van der Waals surface area contributed by atoms with Crippen LogP contribution < -0.4 is 5.32 Å². The minimum atomic E-state index is 0.0225. The lowest BCUT2D eigenvalue weighted by Crippen LogP contribution is -2.45. The van der Waals surface area contributed by atoms with E-state index >= 15 is 0 Å². The summed E-state index contributed by atoms with van der Waals surface area (Å²) in [7, 11) is 3.57. The van der Waals surface area contributed by atoms with Crippen molar-refractivity contribution in [1.82, 2.24) is 14.7 Å². The number of anilines is 1. The highest BCUT2D eigenvalue weighted by atomic mass is 16.2. The van der Waals surface area contributed by atoms with Crippen molar-refractivity contribution in [3.05, 3.63) is 11.4 Å². The summed E-state index contributed by atoms with van der Waals surface area (Å²) >= 11 is 0. The molecule has 1 aromatic rings. The van der Waals surface area contributed by atoms with Crippen molar-refractivity contribution in [2.45, 2.75) is 20.0 Å². The van der Waals surface area contributed by atoms with E-state index in [4.69, 9.17) is 0 Å². The number of carbonyl (C=O) groups is 1. The molecule has 5 nitrogen and oxygen atoms in total. The lowest BCUT2D eigenvalue weighted by molar-refractivity contribution is 0.0736. The molecule has 2 heterocycles. The summed E-state index contributed by atoms with van der Waals surface area (Å²) in [6.07, 6.45) is 0.0258. The molecule has 0 fully saturated rings. The smallest absolute Gasteiger partial charge is 0.275 e.